The maximum Gasteiger partial charge on any atom is 0.306 e. The zero-order valence-electron chi connectivity index (χ0n) is 8.78. The van der Waals surface area contributed by atoms with Crippen LogP contribution in [0.5, 0.6) is 0 Å². The summed E-state index contributed by atoms with van der Waals surface area (Å²) in [7, 11) is 0. The molecule has 0 fully saturated rings. The number of carbonyl (C=O) groups is 2. The second-order valence-electron chi connectivity index (χ2n) is 3.26. The van der Waals surface area contributed by atoms with E-state index in [0.717, 1.165) is 19.3 Å². The van der Waals surface area contributed by atoms with E-state index in [1.54, 1.807) is 0 Å². The Kier molecular flexibility index (Phi) is 7.02. The van der Waals surface area contributed by atoms with Crippen LogP contribution in [-0.2, 0) is 14.3 Å². The summed E-state index contributed by atoms with van der Waals surface area (Å²) in [6.45, 7) is 3.08. The Morgan fingerprint density at radius 1 is 1.36 bits per heavy atom. The van der Waals surface area contributed by atoms with Gasteiger partial charge in [0.2, 0.25) is 0 Å². The minimum absolute atomic E-state index is 0.317. The Labute approximate surface area is 84.3 Å². The van der Waals surface area contributed by atoms with Crippen LogP contribution >= 0.6 is 0 Å². The third-order valence-electron chi connectivity index (χ3n) is 1.83. The lowest BCUT2D eigenvalue weighted by atomic mass is 10.2. The molecule has 1 atom stereocenters. The number of Topliss-reactive ketones (excluding diaryl/α,β-unsaturated/α-hetero) is 1. The van der Waals surface area contributed by atoms with Crippen molar-refractivity contribution in [3.8, 4) is 0 Å². The van der Waals surface area contributed by atoms with Crippen molar-refractivity contribution in [2.45, 2.75) is 45.6 Å². The third-order valence-corrected chi connectivity index (χ3v) is 1.83. The van der Waals surface area contributed by atoms with Gasteiger partial charge in [0.05, 0.1) is 0 Å². The predicted molar refractivity (Wildman–Crippen MR) is 51.8 cm³/mol. The Morgan fingerprint density at radius 3 is 2.50 bits per heavy atom. The lowest BCUT2D eigenvalue weighted by molar-refractivity contribution is -0.150. The molecule has 0 bridgehead atoms. The fourth-order valence-corrected chi connectivity index (χ4v) is 0.864. The van der Waals surface area contributed by atoms with Crippen molar-refractivity contribution in [2.24, 2.45) is 0 Å². The number of ketones is 1. The third kappa shape index (κ3) is 6.60. The maximum atomic E-state index is 11.0. The van der Waals surface area contributed by atoms with Crippen molar-refractivity contribution in [3.63, 3.8) is 0 Å². The minimum atomic E-state index is -1.06. The summed E-state index contributed by atoms with van der Waals surface area (Å²) >= 11 is 0. The highest BCUT2D eigenvalue weighted by atomic mass is 16.5. The second kappa shape index (κ2) is 7.50. The molecule has 4 nitrogen and oxygen atoms in total. The van der Waals surface area contributed by atoms with Crippen LogP contribution in [0.2, 0.25) is 0 Å². The van der Waals surface area contributed by atoms with Crippen molar-refractivity contribution in [1.29, 1.82) is 0 Å². The summed E-state index contributed by atoms with van der Waals surface area (Å²) in [5.41, 5.74) is 0. The number of carbonyl (C=O) groups excluding carboxylic acids is 2. The molecule has 0 heterocycles. The first-order valence-electron chi connectivity index (χ1n) is 4.94. The van der Waals surface area contributed by atoms with Gasteiger partial charge < -0.3 is 9.84 Å². The number of hydrogen-bond donors (Lipinski definition) is 1. The van der Waals surface area contributed by atoms with E-state index >= 15 is 0 Å². The van der Waals surface area contributed by atoms with Crippen molar-refractivity contribution in [2.75, 3.05) is 6.61 Å². The van der Waals surface area contributed by atoms with Crippen molar-refractivity contribution in [1.82, 2.24) is 0 Å². The molecule has 1 N–H and O–H groups in total. The number of rotatable bonds is 7. The molecule has 0 aliphatic heterocycles. The molecular formula is C10H18O4. The molecular weight excluding hydrogens is 184 g/mol. The van der Waals surface area contributed by atoms with Gasteiger partial charge >= 0.3 is 5.97 Å². The SMILES string of the molecule is CCCCCC(=O)OCC(=O)C(C)O. The van der Waals surface area contributed by atoms with Crippen LogP contribution in [-0.4, -0.2) is 29.6 Å². The first-order chi connectivity index (χ1) is 6.57. The molecule has 0 saturated carbocycles. The number of unbranched alkanes of at least 4 members (excludes halogenated alkanes) is 2. The topological polar surface area (TPSA) is 63.6 Å². The van der Waals surface area contributed by atoms with E-state index in [4.69, 9.17) is 5.11 Å². The smallest absolute Gasteiger partial charge is 0.306 e. The van der Waals surface area contributed by atoms with E-state index < -0.39 is 11.9 Å². The van der Waals surface area contributed by atoms with Crippen molar-refractivity contribution >= 4 is 11.8 Å². The van der Waals surface area contributed by atoms with Crippen LogP contribution in [0.1, 0.15) is 39.5 Å². The average molecular weight is 202 g/mol. The molecule has 0 amide bonds. The lowest BCUT2D eigenvalue weighted by Gasteiger charge is -2.05. The number of esters is 1. The van der Waals surface area contributed by atoms with E-state index in [1.807, 2.05) is 6.92 Å². The molecule has 0 aromatic rings. The second-order valence-corrected chi connectivity index (χ2v) is 3.26. The molecule has 0 spiro atoms. The number of aliphatic hydroxyl groups excluding tert-OH is 1. The Balaban J connectivity index is 3.49. The van der Waals surface area contributed by atoms with E-state index in [1.165, 1.54) is 6.92 Å². The van der Waals surface area contributed by atoms with Gasteiger partial charge in [0.1, 0.15) is 6.10 Å². The van der Waals surface area contributed by atoms with Gasteiger partial charge in [0.15, 0.2) is 12.4 Å². The molecule has 14 heavy (non-hydrogen) atoms. The van der Waals surface area contributed by atoms with Gasteiger partial charge in [-0.15, -0.1) is 0 Å². The van der Waals surface area contributed by atoms with Gasteiger partial charge in [-0.2, -0.15) is 0 Å². The van der Waals surface area contributed by atoms with Gasteiger partial charge in [0, 0.05) is 6.42 Å². The first-order valence-corrected chi connectivity index (χ1v) is 4.94. The molecule has 0 saturated heterocycles. The van der Waals surface area contributed by atoms with Crippen LogP contribution in [0.25, 0.3) is 0 Å². The van der Waals surface area contributed by atoms with E-state index in [2.05, 4.69) is 4.74 Å². The summed E-state index contributed by atoms with van der Waals surface area (Å²) in [5.74, 6) is -0.832. The average Bonchev–Trinajstić information content (AvgIpc) is 2.14. The van der Waals surface area contributed by atoms with Crippen LogP contribution in [0.4, 0.5) is 0 Å². The van der Waals surface area contributed by atoms with Gasteiger partial charge in [0.25, 0.3) is 0 Å². The Hall–Kier alpha value is -0.900. The Morgan fingerprint density at radius 2 is 2.00 bits per heavy atom. The molecule has 0 radical (unpaired) electrons. The maximum absolute atomic E-state index is 11.0. The minimum Gasteiger partial charge on any atom is -0.458 e. The van der Waals surface area contributed by atoms with Crippen LogP contribution in [0, 0.1) is 0 Å². The molecule has 4 heteroatoms. The molecule has 0 aliphatic rings. The summed E-state index contributed by atoms with van der Waals surface area (Å²) in [4.78, 5) is 21.8. The van der Waals surface area contributed by atoms with Gasteiger partial charge in [-0.3, -0.25) is 9.59 Å². The highest BCUT2D eigenvalue weighted by Crippen LogP contribution is 2.00. The van der Waals surface area contributed by atoms with Crippen LogP contribution in [0.15, 0.2) is 0 Å². The van der Waals surface area contributed by atoms with Gasteiger partial charge in [-0.1, -0.05) is 19.8 Å². The van der Waals surface area contributed by atoms with Crippen LogP contribution in [0.3, 0.4) is 0 Å². The normalized spacial score (nSPS) is 12.2. The Bertz CT molecular complexity index is 187. The summed E-state index contributed by atoms with van der Waals surface area (Å²) in [5, 5.41) is 8.81. The van der Waals surface area contributed by atoms with Gasteiger partial charge in [-0.05, 0) is 13.3 Å². The quantitative estimate of drug-likeness (QED) is 0.495. The zero-order valence-corrected chi connectivity index (χ0v) is 8.78. The van der Waals surface area contributed by atoms with Crippen molar-refractivity contribution in [3.05, 3.63) is 0 Å². The molecule has 0 aromatic heterocycles. The number of ether oxygens (including phenoxy) is 1. The van der Waals surface area contributed by atoms with Gasteiger partial charge in [-0.25, -0.2) is 0 Å². The highest BCUT2D eigenvalue weighted by molar-refractivity contribution is 5.85. The fourth-order valence-electron chi connectivity index (χ4n) is 0.864. The summed E-state index contributed by atoms with van der Waals surface area (Å²) < 4.78 is 4.66. The highest BCUT2D eigenvalue weighted by Gasteiger charge is 2.11. The fraction of sp³-hybridized carbons (Fsp3) is 0.800. The monoisotopic (exact) mass is 202 g/mol. The standard InChI is InChI=1S/C10H18O4/c1-3-4-5-6-10(13)14-7-9(12)8(2)11/h8,11H,3-7H2,1-2H3. The largest absolute Gasteiger partial charge is 0.458 e. The molecule has 0 rings (SSSR count). The van der Waals surface area contributed by atoms with Crippen molar-refractivity contribution < 1.29 is 19.4 Å². The van der Waals surface area contributed by atoms with E-state index in [0.29, 0.717) is 6.42 Å². The van der Waals surface area contributed by atoms with Crippen LogP contribution < -0.4 is 0 Å². The molecule has 82 valence electrons. The zero-order chi connectivity index (χ0) is 11.0. The summed E-state index contributed by atoms with van der Waals surface area (Å²) in [6.07, 6.45) is 2.11. The lowest BCUT2D eigenvalue weighted by Crippen LogP contribution is -2.23. The summed E-state index contributed by atoms with van der Waals surface area (Å²) in [6, 6.07) is 0. The number of aliphatic hydroxyl groups is 1. The molecule has 0 aromatic carbocycles. The first kappa shape index (κ1) is 13.1. The van der Waals surface area contributed by atoms with E-state index in [9.17, 15) is 9.59 Å². The van der Waals surface area contributed by atoms with E-state index in [-0.39, 0.29) is 12.6 Å². The molecule has 1 unspecified atom stereocenters. The number of hydrogen-bond acceptors (Lipinski definition) is 4. The molecule has 0 aliphatic carbocycles. The predicted octanol–water partition coefficient (Wildman–Crippen LogP) is 1.06.